The van der Waals surface area contributed by atoms with E-state index in [4.69, 9.17) is 0 Å². The lowest BCUT2D eigenvalue weighted by Crippen LogP contribution is -2.35. The Labute approximate surface area is 187 Å². The summed E-state index contributed by atoms with van der Waals surface area (Å²) in [5.41, 5.74) is 3.71. The van der Waals surface area contributed by atoms with E-state index in [-0.39, 0.29) is 16.6 Å². The molecule has 31 heavy (non-hydrogen) atoms. The van der Waals surface area contributed by atoms with Gasteiger partial charge in [0.05, 0.1) is 16.2 Å². The first-order valence-electron chi connectivity index (χ1n) is 10.1. The molecule has 2 heterocycles. The number of anilines is 1. The molecule has 0 unspecified atom stereocenters. The number of thioether (sulfide) groups is 1. The molecule has 1 aliphatic heterocycles. The zero-order valence-corrected chi connectivity index (χ0v) is 19.6. The third-order valence-corrected chi connectivity index (χ3v) is 8.39. The van der Waals surface area contributed by atoms with E-state index >= 15 is 0 Å². The number of benzene rings is 1. The SMILES string of the molecule is Cc1nc(SCC(=O)Nc2ccc(S(=O)(=O)N3CCCCC3)cc2)c(C#N)c(C)c1C. The van der Waals surface area contributed by atoms with Gasteiger partial charge in [-0.15, -0.1) is 0 Å². The second-order valence-electron chi connectivity index (χ2n) is 7.57. The molecule has 1 aromatic heterocycles. The first-order chi connectivity index (χ1) is 14.7. The zero-order chi connectivity index (χ0) is 22.6. The molecule has 1 aliphatic rings. The fourth-order valence-corrected chi connectivity index (χ4v) is 5.84. The van der Waals surface area contributed by atoms with E-state index in [9.17, 15) is 18.5 Å². The van der Waals surface area contributed by atoms with Crippen molar-refractivity contribution in [1.29, 1.82) is 5.26 Å². The molecule has 1 saturated heterocycles. The van der Waals surface area contributed by atoms with Gasteiger partial charge in [0.15, 0.2) is 0 Å². The lowest BCUT2D eigenvalue weighted by Gasteiger charge is -2.25. The minimum absolute atomic E-state index is 0.0947. The van der Waals surface area contributed by atoms with Gasteiger partial charge in [-0.1, -0.05) is 18.2 Å². The molecule has 1 fully saturated rings. The van der Waals surface area contributed by atoms with Crippen molar-refractivity contribution in [2.75, 3.05) is 24.2 Å². The summed E-state index contributed by atoms with van der Waals surface area (Å²) in [4.78, 5) is 17.1. The minimum Gasteiger partial charge on any atom is -0.325 e. The van der Waals surface area contributed by atoms with Crippen molar-refractivity contribution in [2.45, 2.75) is 50.0 Å². The van der Waals surface area contributed by atoms with Crippen LogP contribution in [0.15, 0.2) is 34.2 Å². The Kier molecular flexibility index (Phi) is 7.36. The fourth-order valence-electron chi connectivity index (χ4n) is 3.44. The second kappa shape index (κ2) is 9.81. The van der Waals surface area contributed by atoms with E-state index in [2.05, 4.69) is 16.4 Å². The molecule has 2 aromatic rings. The molecule has 7 nitrogen and oxygen atoms in total. The standard InChI is InChI=1S/C22H26N4O3S2/c1-15-16(2)20(13-23)22(24-17(15)3)30-14-21(27)25-18-7-9-19(10-8-18)31(28,29)26-11-5-4-6-12-26/h7-10H,4-6,11-12,14H2,1-3H3,(H,25,27). The van der Waals surface area contributed by atoms with E-state index in [1.54, 1.807) is 12.1 Å². The maximum absolute atomic E-state index is 12.7. The number of amides is 1. The predicted molar refractivity (Wildman–Crippen MR) is 122 cm³/mol. The number of nitrogens with zero attached hydrogens (tertiary/aromatic N) is 3. The molecule has 9 heteroatoms. The molecule has 3 rings (SSSR count). The maximum Gasteiger partial charge on any atom is 0.243 e. The number of aromatic nitrogens is 1. The van der Waals surface area contributed by atoms with Crippen LogP contribution in [-0.2, 0) is 14.8 Å². The van der Waals surface area contributed by atoms with Crippen LogP contribution in [0.2, 0.25) is 0 Å². The number of rotatable bonds is 6. The highest BCUT2D eigenvalue weighted by Gasteiger charge is 2.25. The lowest BCUT2D eigenvalue weighted by molar-refractivity contribution is -0.113. The van der Waals surface area contributed by atoms with Crippen LogP contribution in [0, 0.1) is 32.1 Å². The molecule has 1 N–H and O–H groups in total. The lowest BCUT2D eigenvalue weighted by atomic mass is 10.1. The van der Waals surface area contributed by atoms with Crippen LogP contribution in [0.1, 0.15) is 41.6 Å². The Hall–Kier alpha value is -2.41. The molecule has 1 aromatic carbocycles. The molecule has 0 atom stereocenters. The largest absolute Gasteiger partial charge is 0.325 e. The maximum atomic E-state index is 12.7. The van der Waals surface area contributed by atoms with Crippen LogP contribution in [0.3, 0.4) is 0 Å². The summed E-state index contributed by atoms with van der Waals surface area (Å²) in [6, 6.07) is 8.41. The summed E-state index contributed by atoms with van der Waals surface area (Å²) in [7, 11) is -3.50. The van der Waals surface area contributed by atoms with Gasteiger partial charge in [-0.25, -0.2) is 13.4 Å². The Morgan fingerprint density at radius 2 is 1.77 bits per heavy atom. The number of aryl methyl sites for hydroxylation is 1. The van der Waals surface area contributed by atoms with E-state index in [0.29, 0.717) is 29.4 Å². The van der Waals surface area contributed by atoms with Crippen molar-refractivity contribution in [3.05, 3.63) is 46.6 Å². The molecule has 164 valence electrons. The van der Waals surface area contributed by atoms with Gasteiger partial charge in [-0.3, -0.25) is 4.79 Å². The van der Waals surface area contributed by atoms with E-state index in [0.717, 1.165) is 36.1 Å². The highest BCUT2D eigenvalue weighted by Crippen LogP contribution is 2.27. The third kappa shape index (κ3) is 5.26. The normalized spacial score (nSPS) is 14.8. The Bertz CT molecular complexity index is 1120. The van der Waals surface area contributed by atoms with Crippen LogP contribution in [-0.4, -0.2) is 42.5 Å². The molecule has 0 aliphatic carbocycles. The van der Waals surface area contributed by atoms with E-state index in [1.807, 2.05) is 20.8 Å². The van der Waals surface area contributed by atoms with Gasteiger partial charge in [-0.2, -0.15) is 9.57 Å². The average Bonchev–Trinajstić information content (AvgIpc) is 2.77. The highest BCUT2D eigenvalue weighted by atomic mass is 32.2. The first kappa shape index (κ1) is 23.3. The predicted octanol–water partition coefficient (Wildman–Crippen LogP) is 3.78. The van der Waals surface area contributed by atoms with Gasteiger partial charge in [0.25, 0.3) is 0 Å². The summed E-state index contributed by atoms with van der Waals surface area (Å²) in [5.74, 6) is -0.157. The second-order valence-corrected chi connectivity index (χ2v) is 10.5. The van der Waals surface area contributed by atoms with Gasteiger partial charge < -0.3 is 5.32 Å². The number of hydrogen-bond acceptors (Lipinski definition) is 6. The van der Waals surface area contributed by atoms with Crippen molar-refractivity contribution in [2.24, 2.45) is 0 Å². The van der Waals surface area contributed by atoms with Crippen LogP contribution in [0.25, 0.3) is 0 Å². The molecular formula is C22H26N4O3S2. The topological polar surface area (TPSA) is 103 Å². The van der Waals surface area contributed by atoms with Crippen molar-refractivity contribution in [3.8, 4) is 6.07 Å². The monoisotopic (exact) mass is 458 g/mol. The summed E-state index contributed by atoms with van der Waals surface area (Å²) in [6.07, 6.45) is 2.82. The fraction of sp³-hybridized carbons (Fsp3) is 0.409. The molecule has 0 bridgehead atoms. The molecular weight excluding hydrogens is 432 g/mol. The van der Waals surface area contributed by atoms with Crippen LogP contribution in [0.5, 0.6) is 0 Å². The van der Waals surface area contributed by atoms with Crippen LogP contribution < -0.4 is 5.32 Å². The quantitative estimate of drug-likeness (QED) is 0.661. The third-order valence-electron chi connectivity index (χ3n) is 5.51. The van der Waals surface area contributed by atoms with Crippen molar-refractivity contribution in [1.82, 2.24) is 9.29 Å². The number of carbonyl (C=O) groups excluding carboxylic acids is 1. The summed E-state index contributed by atoms with van der Waals surface area (Å²) in [6.45, 7) is 6.79. The molecule has 0 spiro atoms. The summed E-state index contributed by atoms with van der Waals surface area (Å²) in [5, 5.41) is 12.8. The number of carbonyl (C=O) groups is 1. The van der Waals surface area contributed by atoms with Gasteiger partial charge in [-0.05, 0) is 69.0 Å². The Morgan fingerprint density at radius 3 is 2.39 bits per heavy atom. The number of hydrogen-bond donors (Lipinski definition) is 1. The van der Waals surface area contributed by atoms with Gasteiger partial charge in [0.2, 0.25) is 15.9 Å². The smallest absolute Gasteiger partial charge is 0.243 e. The van der Waals surface area contributed by atoms with Crippen molar-refractivity contribution >= 4 is 33.4 Å². The Balaban J connectivity index is 1.64. The van der Waals surface area contributed by atoms with Gasteiger partial charge >= 0.3 is 0 Å². The van der Waals surface area contributed by atoms with Crippen molar-refractivity contribution in [3.63, 3.8) is 0 Å². The van der Waals surface area contributed by atoms with Crippen LogP contribution >= 0.6 is 11.8 Å². The number of nitriles is 1. The van der Waals surface area contributed by atoms with E-state index < -0.39 is 10.0 Å². The van der Waals surface area contributed by atoms with Crippen LogP contribution in [0.4, 0.5) is 5.69 Å². The summed E-state index contributed by atoms with van der Waals surface area (Å²) < 4.78 is 27.0. The zero-order valence-electron chi connectivity index (χ0n) is 17.9. The molecule has 1 amide bonds. The molecule has 0 radical (unpaired) electrons. The first-order valence-corrected chi connectivity index (χ1v) is 12.6. The average molecular weight is 459 g/mol. The number of sulfonamides is 1. The van der Waals surface area contributed by atoms with Gasteiger partial charge in [0, 0.05) is 24.5 Å². The van der Waals surface area contributed by atoms with Crippen molar-refractivity contribution < 1.29 is 13.2 Å². The highest BCUT2D eigenvalue weighted by molar-refractivity contribution is 8.00. The van der Waals surface area contributed by atoms with Gasteiger partial charge in [0.1, 0.15) is 11.1 Å². The summed E-state index contributed by atoms with van der Waals surface area (Å²) >= 11 is 1.21. The Morgan fingerprint density at radius 1 is 1.13 bits per heavy atom. The number of pyridine rings is 1. The number of piperidine rings is 1. The number of nitrogens with one attached hydrogen (secondary N) is 1. The molecule has 0 saturated carbocycles. The minimum atomic E-state index is -3.50. The van der Waals surface area contributed by atoms with E-state index in [1.165, 1.54) is 28.2 Å².